The number of nitrogens with zero attached hydrogens (tertiary/aromatic N) is 2. The molecule has 84 valence electrons. The van der Waals surface area contributed by atoms with E-state index in [2.05, 4.69) is 10.4 Å². The summed E-state index contributed by atoms with van der Waals surface area (Å²) in [5, 5.41) is 8.30. The molecular formula is C12H14ClN3. The SMILES string of the molecule is CNCc1cn(-c2cccc(Cl)c2)nc1C. The zero-order chi connectivity index (χ0) is 11.5. The van der Waals surface area contributed by atoms with Crippen molar-refractivity contribution >= 4 is 11.6 Å². The van der Waals surface area contributed by atoms with Crippen molar-refractivity contribution in [2.24, 2.45) is 0 Å². The van der Waals surface area contributed by atoms with Crippen molar-refractivity contribution in [1.82, 2.24) is 15.1 Å². The van der Waals surface area contributed by atoms with E-state index in [1.165, 1.54) is 5.56 Å². The van der Waals surface area contributed by atoms with Crippen molar-refractivity contribution < 1.29 is 0 Å². The van der Waals surface area contributed by atoms with E-state index < -0.39 is 0 Å². The molecule has 0 aliphatic carbocycles. The Morgan fingerprint density at radius 3 is 2.94 bits per heavy atom. The molecule has 0 atom stereocenters. The lowest BCUT2D eigenvalue weighted by molar-refractivity contribution is 0.812. The number of halogens is 1. The molecule has 0 spiro atoms. The van der Waals surface area contributed by atoms with Gasteiger partial charge in [0.1, 0.15) is 0 Å². The van der Waals surface area contributed by atoms with Gasteiger partial charge in [0, 0.05) is 23.3 Å². The zero-order valence-electron chi connectivity index (χ0n) is 9.37. The van der Waals surface area contributed by atoms with E-state index in [4.69, 9.17) is 11.6 Å². The van der Waals surface area contributed by atoms with Crippen LogP contribution < -0.4 is 5.32 Å². The highest BCUT2D eigenvalue weighted by atomic mass is 35.5. The minimum atomic E-state index is 0.723. The van der Waals surface area contributed by atoms with Crippen LogP contribution in [0.25, 0.3) is 5.69 Å². The third-order valence-electron chi connectivity index (χ3n) is 2.44. The Hall–Kier alpha value is -1.32. The van der Waals surface area contributed by atoms with Gasteiger partial charge in [-0.05, 0) is 32.2 Å². The molecule has 0 unspecified atom stereocenters. The van der Waals surface area contributed by atoms with E-state index in [9.17, 15) is 0 Å². The molecule has 1 N–H and O–H groups in total. The van der Waals surface area contributed by atoms with E-state index in [0.29, 0.717) is 0 Å². The summed E-state index contributed by atoms with van der Waals surface area (Å²) in [5.74, 6) is 0. The predicted molar refractivity (Wildman–Crippen MR) is 66.1 cm³/mol. The number of aryl methyl sites for hydroxylation is 1. The van der Waals surface area contributed by atoms with Crippen LogP contribution in [0.1, 0.15) is 11.3 Å². The summed E-state index contributed by atoms with van der Waals surface area (Å²) in [4.78, 5) is 0. The fourth-order valence-electron chi connectivity index (χ4n) is 1.61. The normalized spacial score (nSPS) is 10.7. The van der Waals surface area contributed by atoms with Crippen LogP contribution in [-0.4, -0.2) is 16.8 Å². The third kappa shape index (κ3) is 2.26. The van der Waals surface area contributed by atoms with Crippen molar-refractivity contribution in [1.29, 1.82) is 0 Å². The molecule has 0 aliphatic heterocycles. The number of rotatable bonds is 3. The van der Waals surface area contributed by atoms with Gasteiger partial charge in [-0.2, -0.15) is 5.10 Å². The lowest BCUT2D eigenvalue weighted by atomic mass is 10.2. The Morgan fingerprint density at radius 1 is 1.44 bits per heavy atom. The van der Waals surface area contributed by atoms with E-state index in [0.717, 1.165) is 22.9 Å². The monoisotopic (exact) mass is 235 g/mol. The first-order valence-electron chi connectivity index (χ1n) is 5.16. The molecule has 1 aromatic heterocycles. The average Bonchev–Trinajstić information content (AvgIpc) is 2.61. The number of hydrogen-bond acceptors (Lipinski definition) is 2. The van der Waals surface area contributed by atoms with Gasteiger partial charge in [-0.15, -0.1) is 0 Å². The lowest BCUT2D eigenvalue weighted by Gasteiger charge is -2.00. The number of nitrogens with one attached hydrogen (secondary N) is 1. The maximum Gasteiger partial charge on any atom is 0.0660 e. The molecule has 1 aromatic carbocycles. The van der Waals surface area contributed by atoms with Gasteiger partial charge in [0.25, 0.3) is 0 Å². The van der Waals surface area contributed by atoms with Crippen molar-refractivity contribution in [3.63, 3.8) is 0 Å². The summed E-state index contributed by atoms with van der Waals surface area (Å²) in [5.41, 5.74) is 3.22. The van der Waals surface area contributed by atoms with E-state index in [1.807, 2.05) is 49.1 Å². The van der Waals surface area contributed by atoms with Gasteiger partial charge in [0.15, 0.2) is 0 Å². The summed E-state index contributed by atoms with van der Waals surface area (Å²) < 4.78 is 1.86. The summed E-state index contributed by atoms with van der Waals surface area (Å²) in [6.45, 7) is 2.83. The topological polar surface area (TPSA) is 29.9 Å². The van der Waals surface area contributed by atoms with Crippen LogP contribution in [0.2, 0.25) is 5.02 Å². The minimum absolute atomic E-state index is 0.723. The molecule has 0 fully saturated rings. The van der Waals surface area contributed by atoms with Gasteiger partial charge in [-0.1, -0.05) is 17.7 Å². The second kappa shape index (κ2) is 4.68. The molecule has 16 heavy (non-hydrogen) atoms. The molecular weight excluding hydrogens is 222 g/mol. The van der Waals surface area contributed by atoms with Crippen molar-refractivity contribution in [2.75, 3.05) is 7.05 Å². The van der Waals surface area contributed by atoms with Gasteiger partial charge in [0.05, 0.1) is 11.4 Å². The summed E-state index contributed by atoms with van der Waals surface area (Å²) >= 11 is 5.95. The van der Waals surface area contributed by atoms with Crippen LogP contribution in [0.15, 0.2) is 30.5 Å². The second-order valence-electron chi connectivity index (χ2n) is 3.69. The van der Waals surface area contributed by atoms with Gasteiger partial charge in [0.2, 0.25) is 0 Å². The van der Waals surface area contributed by atoms with Crippen molar-refractivity contribution in [3.05, 3.63) is 46.7 Å². The molecule has 2 aromatic rings. The van der Waals surface area contributed by atoms with Gasteiger partial charge in [-0.3, -0.25) is 0 Å². The first-order valence-corrected chi connectivity index (χ1v) is 5.54. The molecule has 1 heterocycles. The van der Waals surface area contributed by atoms with Crippen LogP contribution >= 0.6 is 11.6 Å². The molecule has 2 rings (SSSR count). The zero-order valence-corrected chi connectivity index (χ0v) is 10.1. The molecule has 4 heteroatoms. The molecule has 0 amide bonds. The fourth-order valence-corrected chi connectivity index (χ4v) is 1.80. The predicted octanol–water partition coefficient (Wildman–Crippen LogP) is 2.55. The highest BCUT2D eigenvalue weighted by Gasteiger charge is 2.05. The minimum Gasteiger partial charge on any atom is -0.316 e. The van der Waals surface area contributed by atoms with Gasteiger partial charge >= 0.3 is 0 Å². The van der Waals surface area contributed by atoms with E-state index >= 15 is 0 Å². The Labute approximate surface area is 100 Å². The Morgan fingerprint density at radius 2 is 2.25 bits per heavy atom. The largest absolute Gasteiger partial charge is 0.316 e. The molecule has 0 aliphatic rings. The van der Waals surface area contributed by atoms with Crippen LogP contribution in [0.3, 0.4) is 0 Å². The fraction of sp³-hybridized carbons (Fsp3) is 0.250. The highest BCUT2D eigenvalue weighted by molar-refractivity contribution is 6.30. The molecule has 3 nitrogen and oxygen atoms in total. The van der Waals surface area contributed by atoms with Crippen molar-refractivity contribution in [2.45, 2.75) is 13.5 Å². The van der Waals surface area contributed by atoms with Crippen molar-refractivity contribution in [3.8, 4) is 5.69 Å². The lowest BCUT2D eigenvalue weighted by Crippen LogP contribution is -2.05. The summed E-state index contributed by atoms with van der Waals surface area (Å²) in [6.07, 6.45) is 2.03. The Balaban J connectivity index is 2.37. The number of hydrogen-bond donors (Lipinski definition) is 1. The maximum absolute atomic E-state index is 5.95. The Bertz CT molecular complexity index is 491. The smallest absolute Gasteiger partial charge is 0.0660 e. The second-order valence-corrected chi connectivity index (χ2v) is 4.13. The van der Waals surface area contributed by atoms with Crippen LogP contribution in [0.4, 0.5) is 0 Å². The standard InChI is InChI=1S/C12H14ClN3/c1-9-10(7-14-2)8-16(15-9)12-5-3-4-11(13)6-12/h3-6,8,14H,7H2,1-2H3. The average molecular weight is 236 g/mol. The first kappa shape index (κ1) is 11.2. The highest BCUT2D eigenvalue weighted by Crippen LogP contribution is 2.16. The summed E-state index contributed by atoms with van der Waals surface area (Å²) in [7, 11) is 1.93. The summed E-state index contributed by atoms with van der Waals surface area (Å²) in [6, 6.07) is 7.67. The molecule has 0 radical (unpaired) electrons. The van der Waals surface area contributed by atoms with Gasteiger partial charge < -0.3 is 5.32 Å². The van der Waals surface area contributed by atoms with E-state index in [1.54, 1.807) is 0 Å². The van der Waals surface area contributed by atoms with E-state index in [-0.39, 0.29) is 0 Å². The Kier molecular flexibility index (Phi) is 3.27. The number of aromatic nitrogens is 2. The van der Waals surface area contributed by atoms with Crippen LogP contribution in [0.5, 0.6) is 0 Å². The first-order chi connectivity index (χ1) is 7.70. The molecule has 0 bridgehead atoms. The molecule has 0 saturated carbocycles. The quantitative estimate of drug-likeness (QED) is 0.886. The maximum atomic E-state index is 5.95. The van der Waals surface area contributed by atoms with Crippen LogP contribution in [0, 0.1) is 6.92 Å². The molecule has 0 saturated heterocycles. The van der Waals surface area contributed by atoms with Gasteiger partial charge in [-0.25, -0.2) is 4.68 Å². The third-order valence-corrected chi connectivity index (χ3v) is 2.68. The van der Waals surface area contributed by atoms with Crippen LogP contribution in [-0.2, 0) is 6.54 Å². The number of benzene rings is 1.